The van der Waals surface area contributed by atoms with Gasteiger partial charge in [0.2, 0.25) is 0 Å². The van der Waals surface area contributed by atoms with Gasteiger partial charge in [-0.15, -0.1) is 6.58 Å². The average molecular weight is 227 g/mol. The predicted molar refractivity (Wildman–Crippen MR) is 59.2 cm³/mol. The van der Waals surface area contributed by atoms with Crippen LogP contribution in [0.4, 0.5) is 4.79 Å². The van der Waals surface area contributed by atoms with Gasteiger partial charge in [-0.05, 0) is 0 Å². The van der Waals surface area contributed by atoms with Crippen LogP contribution in [0, 0.1) is 0 Å². The highest BCUT2D eigenvalue weighted by Gasteiger charge is 2.21. The number of hydrogen-bond acceptors (Lipinski definition) is 3. The molecule has 0 spiro atoms. The number of carbonyl (C=O) groups is 2. The van der Waals surface area contributed by atoms with Gasteiger partial charge >= 0.3 is 12.0 Å². The van der Waals surface area contributed by atoms with E-state index in [0.29, 0.717) is 32.7 Å². The Kier molecular flexibility index (Phi) is 4.78. The zero-order chi connectivity index (χ0) is 12.0. The number of carboxylic acid groups (broad SMARTS) is 1. The number of nitrogens with one attached hydrogen (secondary N) is 1. The maximum atomic E-state index is 11.5. The monoisotopic (exact) mass is 227 g/mol. The van der Waals surface area contributed by atoms with Crippen molar-refractivity contribution in [1.29, 1.82) is 0 Å². The predicted octanol–water partition coefficient (Wildman–Crippen LogP) is -0.416. The first-order valence-electron chi connectivity index (χ1n) is 5.21. The molecule has 2 amide bonds. The molecule has 0 aromatic carbocycles. The van der Waals surface area contributed by atoms with E-state index < -0.39 is 5.97 Å². The number of carboxylic acids is 1. The highest BCUT2D eigenvalue weighted by molar-refractivity contribution is 5.74. The normalized spacial score (nSPS) is 16.9. The molecule has 1 heterocycles. The highest BCUT2D eigenvalue weighted by Crippen LogP contribution is 2.01. The summed E-state index contributed by atoms with van der Waals surface area (Å²) in [7, 11) is 0. The minimum atomic E-state index is -0.829. The number of aliphatic carboxylic acids is 1. The molecule has 1 fully saturated rings. The first-order valence-corrected chi connectivity index (χ1v) is 5.21. The van der Waals surface area contributed by atoms with Crippen molar-refractivity contribution in [3.8, 4) is 0 Å². The van der Waals surface area contributed by atoms with Gasteiger partial charge in [0.1, 0.15) is 0 Å². The van der Waals surface area contributed by atoms with Crippen molar-refractivity contribution < 1.29 is 14.7 Å². The topological polar surface area (TPSA) is 72.9 Å². The van der Waals surface area contributed by atoms with Gasteiger partial charge in [-0.25, -0.2) is 4.79 Å². The Morgan fingerprint density at radius 2 is 1.94 bits per heavy atom. The van der Waals surface area contributed by atoms with E-state index in [9.17, 15) is 9.59 Å². The number of nitrogens with zero attached hydrogens (tertiary/aromatic N) is 2. The molecule has 0 bridgehead atoms. The summed E-state index contributed by atoms with van der Waals surface area (Å²) in [6, 6.07) is -0.116. The molecule has 1 aliphatic rings. The smallest absolute Gasteiger partial charge is 0.317 e. The van der Waals surface area contributed by atoms with Crippen molar-refractivity contribution in [2.75, 3.05) is 39.3 Å². The molecule has 0 aliphatic carbocycles. The van der Waals surface area contributed by atoms with Crippen LogP contribution in [-0.4, -0.2) is 66.2 Å². The lowest BCUT2D eigenvalue weighted by Crippen LogP contribution is -2.52. The summed E-state index contributed by atoms with van der Waals surface area (Å²) >= 11 is 0. The molecule has 0 aromatic heterocycles. The zero-order valence-corrected chi connectivity index (χ0v) is 9.19. The van der Waals surface area contributed by atoms with Crippen molar-refractivity contribution >= 4 is 12.0 Å². The molecule has 0 radical (unpaired) electrons. The van der Waals surface area contributed by atoms with Crippen molar-refractivity contribution in [3.05, 3.63) is 12.7 Å². The Morgan fingerprint density at radius 1 is 1.31 bits per heavy atom. The van der Waals surface area contributed by atoms with Crippen molar-refractivity contribution in [3.63, 3.8) is 0 Å². The summed E-state index contributed by atoms with van der Waals surface area (Å²) in [6.45, 7) is 6.35. The molecule has 0 aromatic rings. The molecule has 1 saturated heterocycles. The van der Waals surface area contributed by atoms with E-state index in [1.165, 1.54) is 0 Å². The van der Waals surface area contributed by atoms with Gasteiger partial charge in [0, 0.05) is 32.7 Å². The van der Waals surface area contributed by atoms with E-state index in [1.807, 2.05) is 4.90 Å². The van der Waals surface area contributed by atoms with E-state index in [2.05, 4.69) is 11.9 Å². The van der Waals surface area contributed by atoms with E-state index >= 15 is 0 Å². The lowest BCUT2D eigenvalue weighted by Gasteiger charge is -2.33. The van der Waals surface area contributed by atoms with Crippen LogP contribution in [0.5, 0.6) is 0 Å². The third-order valence-electron chi connectivity index (χ3n) is 2.42. The third kappa shape index (κ3) is 3.90. The number of piperazine rings is 1. The molecule has 1 aliphatic heterocycles. The van der Waals surface area contributed by atoms with Crippen LogP contribution in [0.2, 0.25) is 0 Å². The Balaban J connectivity index is 2.28. The highest BCUT2D eigenvalue weighted by atomic mass is 16.4. The lowest BCUT2D eigenvalue weighted by atomic mass is 10.3. The summed E-state index contributed by atoms with van der Waals surface area (Å²) in [5.41, 5.74) is 0. The largest absolute Gasteiger partial charge is 0.480 e. The third-order valence-corrected chi connectivity index (χ3v) is 2.42. The second-order valence-corrected chi connectivity index (χ2v) is 3.63. The fraction of sp³-hybridized carbons (Fsp3) is 0.600. The summed E-state index contributed by atoms with van der Waals surface area (Å²) in [5, 5.41) is 11.3. The molecule has 16 heavy (non-hydrogen) atoms. The summed E-state index contributed by atoms with van der Waals surface area (Å²) in [6.07, 6.45) is 1.62. The van der Waals surface area contributed by atoms with Crippen LogP contribution in [0.25, 0.3) is 0 Å². The number of urea groups is 1. The van der Waals surface area contributed by atoms with Crippen LogP contribution < -0.4 is 5.32 Å². The zero-order valence-electron chi connectivity index (χ0n) is 9.19. The minimum Gasteiger partial charge on any atom is -0.480 e. The van der Waals surface area contributed by atoms with Gasteiger partial charge in [-0.1, -0.05) is 6.08 Å². The van der Waals surface area contributed by atoms with Crippen molar-refractivity contribution in [2.45, 2.75) is 0 Å². The van der Waals surface area contributed by atoms with E-state index in [4.69, 9.17) is 5.11 Å². The van der Waals surface area contributed by atoms with Gasteiger partial charge in [-0.3, -0.25) is 9.69 Å². The molecule has 2 N–H and O–H groups in total. The molecule has 6 heteroatoms. The summed E-state index contributed by atoms with van der Waals surface area (Å²) in [5.74, 6) is -0.829. The first kappa shape index (κ1) is 12.5. The second-order valence-electron chi connectivity index (χ2n) is 3.63. The molecule has 0 unspecified atom stereocenters. The molecule has 0 saturated carbocycles. The standard InChI is InChI=1S/C10H17N3O3/c1-2-3-11-10(16)13-6-4-12(5-7-13)8-9(14)15/h2H,1,3-8H2,(H,11,16)(H,14,15). The number of amides is 2. The van der Waals surface area contributed by atoms with E-state index in [-0.39, 0.29) is 12.6 Å². The molecular weight excluding hydrogens is 210 g/mol. The van der Waals surface area contributed by atoms with Gasteiger partial charge in [0.15, 0.2) is 0 Å². The van der Waals surface area contributed by atoms with Crippen molar-refractivity contribution in [1.82, 2.24) is 15.1 Å². The average Bonchev–Trinajstić information content (AvgIpc) is 2.26. The van der Waals surface area contributed by atoms with Crippen LogP contribution >= 0.6 is 0 Å². The lowest BCUT2D eigenvalue weighted by molar-refractivity contribution is -0.138. The maximum Gasteiger partial charge on any atom is 0.317 e. The Morgan fingerprint density at radius 3 is 2.44 bits per heavy atom. The Hall–Kier alpha value is -1.56. The Labute approximate surface area is 94.5 Å². The molecule has 1 rings (SSSR count). The molecule has 90 valence electrons. The van der Waals surface area contributed by atoms with Gasteiger partial charge < -0.3 is 15.3 Å². The van der Waals surface area contributed by atoms with Gasteiger partial charge in [0.05, 0.1) is 6.54 Å². The van der Waals surface area contributed by atoms with Crippen LogP contribution in [0.15, 0.2) is 12.7 Å². The van der Waals surface area contributed by atoms with Crippen molar-refractivity contribution in [2.24, 2.45) is 0 Å². The number of rotatable bonds is 4. The van der Waals surface area contributed by atoms with Crippen LogP contribution in [0.1, 0.15) is 0 Å². The maximum absolute atomic E-state index is 11.5. The second kappa shape index (κ2) is 6.12. The van der Waals surface area contributed by atoms with E-state index in [1.54, 1.807) is 11.0 Å². The fourth-order valence-electron chi connectivity index (χ4n) is 1.57. The Bertz CT molecular complexity index is 272. The van der Waals surface area contributed by atoms with Crippen LogP contribution in [-0.2, 0) is 4.79 Å². The summed E-state index contributed by atoms with van der Waals surface area (Å²) in [4.78, 5) is 25.5. The van der Waals surface area contributed by atoms with E-state index in [0.717, 1.165) is 0 Å². The quantitative estimate of drug-likeness (QED) is 0.640. The SMILES string of the molecule is C=CCNC(=O)N1CCN(CC(=O)O)CC1. The van der Waals surface area contributed by atoms with Gasteiger partial charge in [-0.2, -0.15) is 0 Å². The number of hydrogen-bond donors (Lipinski definition) is 2. The number of carbonyl (C=O) groups excluding carboxylic acids is 1. The molecular formula is C10H17N3O3. The summed E-state index contributed by atoms with van der Waals surface area (Å²) < 4.78 is 0. The first-order chi connectivity index (χ1) is 7.63. The molecule has 6 nitrogen and oxygen atoms in total. The minimum absolute atomic E-state index is 0.0438. The van der Waals surface area contributed by atoms with Gasteiger partial charge in [0.25, 0.3) is 0 Å². The fourth-order valence-corrected chi connectivity index (χ4v) is 1.57. The van der Waals surface area contributed by atoms with Crippen LogP contribution in [0.3, 0.4) is 0 Å². The molecule has 0 atom stereocenters.